The molecular formula is C9H14F7NO. The van der Waals surface area contributed by atoms with Crippen molar-refractivity contribution in [3.63, 3.8) is 0 Å². The average molecular weight is 285 g/mol. The van der Waals surface area contributed by atoms with Gasteiger partial charge in [0.25, 0.3) is 0 Å². The van der Waals surface area contributed by atoms with Crippen molar-refractivity contribution in [1.29, 1.82) is 0 Å². The molecule has 0 aromatic rings. The molecule has 1 fully saturated rings. The van der Waals surface area contributed by atoms with E-state index in [4.69, 9.17) is 0 Å². The topological polar surface area (TPSA) is 12.5 Å². The summed E-state index contributed by atoms with van der Waals surface area (Å²) in [5, 5.41) is 0. The minimum atomic E-state index is -5.56. The summed E-state index contributed by atoms with van der Waals surface area (Å²) in [5.41, 5.74) is 0. The van der Waals surface area contributed by atoms with E-state index < -0.39 is 24.7 Å². The van der Waals surface area contributed by atoms with Crippen molar-refractivity contribution in [3.8, 4) is 0 Å². The van der Waals surface area contributed by atoms with Crippen molar-refractivity contribution in [2.75, 3.05) is 19.7 Å². The Morgan fingerprint density at radius 3 is 1.83 bits per heavy atom. The summed E-state index contributed by atoms with van der Waals surface area (Å²) in [6.07, 6.45) is -4.62. The van der Waals surface area contributed by atoms with Gasteiger partial charge < -0.3 is 4.74 Å². The molecule has 0 radical (unpaired) electrons. The molecule has 0 aromatic carbocycles. The summed E-state index contributed by atoms with van der Waals surface area (Å²) in [6, 6.07) is -4.91. The fourth-order valence-electron chi connectivity index (χ4n) is 1.64. The molecule has 1 aliphatic rings. The van der Waals surface area contributed by atoms with Crippen LogP contribution in [0, 0.1) is 0 Å². The lowest BCUT2D eigenvalue weighted by atomic mass is 10.2. The van der Waals surface area contributed by atoms with E-state index in [-0.39, 0.29) is 35.5 Å². The van der Waals surface area contributed by atoms with E-state index in [9.17, 15) is 26.3 Å². The summed E-state index contributed by atoms with van der Waals surface area (Å²) >= 11 is 0. The molecule has 0 N–H and O–H groups in total. The standard InChI is InChI=1S/C9H13F6NO.FH/c1-2-17-9(14,15)7(10,11)8(12,13)16-5-3-4-6-16;/h2-6H2,1H3;1H. The average Bonchev–Trinajstić information content (AvgIpc) is 2.69. The van der Waals surface area contributed by atoms with Gasteiger partial charge in [0.1, 0.15) is 0 Å². The molecule has 0 amide bonds. The van der Waals surface area contributed by atoms with Crippen LogP contribution in [0.2, 0.25) is 0 Å². The molecule has 0 bridgehead atoms. The number of hydrogen-bond acceptors (Lipinski definition) is 2. The van der Waals surface area contributed by atoms with Crippen molar-refractivity contribution in [1.82, 2.24) is 4.90 Å². The monoisotopic (exact) mass is 285 g/mol. The van der Waals surface area contributed by atoms with Crippen LogP contribution in [0.5, 0.6) is 0 Å². The van der Waals surface area contributed by atoms with Gasteiger partial charge in [-0.3, -0.25) is 4.70 Å². The van der Waals surface area contributed by atoms with Crippen LogP contribution in [0.1, 0.15) is 19.8 Å². The second-order valence-corrected chi connectivity index (χ2v) is 3.76. The Kier molecular flexibility index (Phi) is 5.42. The Morgan fingerprint density at radius 1 is 1.00 bits per heavy atom. The number of halogens is 7. The first-order valence-electron chi connectivity index (χ1n) is 5.19. The summed E-state index contributed by atoms with van der Waals surface area (Å²) in [6.45, 7) is -0.410. The molecule has 1 rings (SSSR count). The maximum Gasteiger partial charge on any atom is 0.427 e. The number of alkyl halides is 6. The van der Waals surface area contributed by atoms with Crippen LogP contribution in [0.4, 0.5) is 31.0 Å². The minimum Gasteiger partial charge on any atom is -0.316 e. The van der Waals surface area contributed by atoms with Crippen molar-refractivity contribution in [3.05, 3.63) is 0 Å². The molecule has 9 heteroatoms. The lowest BCUT2D eigenvalue weighted by molar-refractivity contribution is -0.421. The largest absolute Gasteiger partial charge is 0.427 e. The predicted octanol–water partition coefficient (Wildman–Crippen LogP) is 3.09. The van der Waals surface area contributed by atoms with Crippen LogP contribution in [0.15, 0.2) is 0 Å². The molecule has 0 atom stereocenters. The van der Waals surface area contributed by atoms with Crippen molar-refractivity contribution in [2.24, 2.45) is 0 Å². The fourth-order valence-corrected chi connectivity index (χ4v) is 1.64. The lowest BCUT2D eigenvalue weighted by Crippen LogP contribution is -2.62. The van der Waals surface area contributed by atoms with Crippen LogP contribution in [-0.4, -0.2) is 42.7 Å². The third-order valence-electron chi connectivity index (χ3n) is 2.57. The summed E-state index contributed by atoms with van der Waals surface area (Å²) < 4.78 is 82.2. The van der Waals surface area contributed by atoms with Crippen LogP contribution >= 0.6 is 0 Å². The SMILES string of the molecule is CCOC(F)(F)C(F)(F)C(F)(F)N1CCCC1.F. The van der Waals surface area contributed by atoms with E-state index in [0.717, 1.165) is 6.92 Å². The van der Waals surface area contributed by atoms with Crippen molar-refractivity contribution >= 4 is 0 Å². The van der Waals surface area contributed by atoms with Gasteiger partial charge in [-0.25, -0.2) is 4.90 Å². The molecule has 0 aliphatic carbocycles. The smallest absolute Gasteiger partial charge is 0.316 e. The summed E-state index contributed by atoms with van der Waals surface area (Å²) in [5.74, 6) is -5.56. The molecule has 0 saturated carbocycles. The fraction of sp³-hybridized carbons (Fsp3) is 1.00. The van der Waals surface area contributed by atoms with E-state index in [0.29, 0.717) is 0 Å². The number of hydrogen-bond donors (Lipinski definition) is 0. The van der Waals surface area contributed by atoms with Crippen LogP contribution in [-0.2, 0) is 4.74 Å². The van der Waals surface area contributed by atoms with Gasteiger partial charge in [0.2, 0.25) is 0 Å². The normalized spacial score (nSPS) is 18.8. The molecule has 0 unspecified atom stereocenters. The van der Waals surface area contributed by atoms with E-state index in [1.54, 1.807) is 0 Å². The third kappa shape index (κ3) is 2.71. The Morgan fingerprint density at radius 2 is 1.44 bits per heavy atom. The van der Waals surface area contributed by atoms with E-state index in [1.807, 2.05) is 0 Å². The second kappa shape index (κ2) is 5.60. The molecule has 1 saturated heterocycles. The Balaban J connectivity index is 0.00000289. The number of likely N-dealkylation sites (tertiary alicyclic amines) is 1. The second-order valence-electron chi connectivity index (χ2n) is 3.76. The Labute approximate surface area is 99.2 Å². The predicted molar refractivity (Wildman–Crippen MR) is 49.8 cm³/mol. The number of rotatable bonds is 5. The first kappa shape index (κ1) is 17.4. The first-order chi connectivity index (χ1) is 7.67. The molecule has 1 heterocycles. The van der Waals surface area contributed by atoms with Gasteiger partial charge in [0.15, 0.2) is 0 Å². The minimum absolute atomic E-state index is 0. The van der Waals surface area contributed by atoms with Gasteiger partial charge in [-0.05, 0) is 19.8 Å². The highest BCUT2D eigenvalue weighted by Gasteiger charge is 2.75. The summed E-state index contributed by atoms with van der Waals surface area (Å²) in [4.78, 5) is 0.0694. The van der Waals surface area contributed by atoms with E-state index in [1.165, 1.54) is 0 Å². The number of nitrogens with zero attached hydrogens (tertiary/aromatic N) is 1. The van der Waals surface area contributed by atoms with Crippen molar-refractivity contribution < 1.29 is 35.8 Å². The zero-order chi connectivity index (χ0) is 13.3. The van der Waals surface area contributed by atoms with Gasteiger partial charge in [-0.1, -0.05) is 0 Å². The molecule has 0 aromatic heterocycles. The molecule has 0 spiro atoms. The molecule has 110 valence electrons. The Bertz CT molecular complexity index is 266. The molecule has 18 heavy (non-hydrogen) atoms. The van der Waals surface area contributed by atoms with Crippen LogP contribution in [0.3, 0.4) is 0 Å². The van der Waals surface area contributed by atoms with E-state index >= 15 is 0 Å². The quantitative estimate of drug-likeness (QED) is 0.568. The maximum atomic E-state index is 13.3. The van der Waals surface area contributed by atoms with Gasteiger partial charge in [-0.2, -0.15) is 26.3 Å². The maximum absolute atomic E-state index is 13.3. The van der Waals surface area contributed by atoms with Crippen LogP contribution in [0.25, 0.3) is 0 Å². The van der Waals surface area contributed by atoms with Gasteiger partial charge in [0, 0.05) is 13.1 Å². The summed E-state index contributed by atoms with van der Waals surface area (Å²) in [7, 11) is 0. The van der Waals surface area contributed by atoms with Crippen molar-refractivity contribution in [2.45, 2.75) is 37.8 Å². The van der Waals surface area contributed by atoms with Gasteiger partial charge >= 0.3 is 18.1 Å². The molecule has 2 nitrogen and oxygen atoms in total. The first-order valence-corrected chi connectivity index (χ1v) is 5.19. The van der Waals surface area contributed by atoms with Crippen LogP contribution < -0.4 is 0 Å². The Hall–Kier alpha value is -0.570. The number of ether oxygens (including phenoxy) is 1. The van der Waals surface area contributed by atoms with Gasteiger partial charge in [0.05, 0.1) is 6.61 Å². The zero-order valence-electron chi connectivity index (χ0n) is 9.57. The third-order valence-corrected chi connectivity index (χ3v) is 2.57. The molecule has 1 aliphatic heterocycles. The highest BCUT2D eigenvalue weighted by atomic mass is 19.4. The highest BCUT2D eigenvalue weighted by molar-refractivity contribution is 4.93. The highest BCUT2D eigenvalue weighted by Crippen LogP contribution is 2.48. The zero-order valence-corrected chi connectivity index (χ0v) is 9.57. The lowest BCUT2D eigenvalue weighted by Gasteiger charge is -2.36. The van der Waals surface area contributed by atoms with E-state index in [2.05, 4.69) is 4.74 Å². The molecular weight excluding hydrogens is 271 g/mol. The van der Waals surface area contributed by atoms with Gasteiger partial charge in [-0.15, -0.1) is 0 Å².